The van der Waals surface area contributed by atoms with E-state index in [9.17, 15) is 0 Å². The van der Waals surface area contributed by atoms with Gasteiger partial charge in [0.25, 0.3) is 0 Å². The van der Waals surface area contributed by atoms with Gasteiger partial charge in [-0.2, -0.15) is 0 Å². The zero-order valence-corrected chi connectivity index (χ0v) is 25.2. The van der Waals surface area contributed by atoms with E-state index >= 15 is 0 Å². The highest BCUT2D eigenvalue weighted by molar-refractivity contribution is 6.18. The normalized spacial score (nSPS) is 11.4. The fraction of sp³-hybridized carbons (Fsp3) is 0. The van der Waals surface area contributed by atoms with Crippen LogP contribution in [0.1, 0.15) is 0 Å². The van der Waals surface area contributed by atoms with E-state index in [2.05, 4.69) is 72.8 Å². The second-order valence-corrected chi connectivity index (χ2v) is 11.5. The van der Waals surface area contributed by atoms with Gasteiger partial charge in [-0.3, -0.25) is 4.98 Å². The summed E-state index contributed by atoms with van der Waals surface area (Å²) in [5.41, 5.74) is 8.44. The van der Waals surface area contributed by atoms with Crippen LogP contribution in [0.5, 0.6) is 0 Å². The van der Waals surface area contributed by atoms with E-state index in [1.165, 1.54) is 0 Å². The van der Waals surface area contributed by atoms with Gasteiger partial charge in [0.05, 0.1) is 5.39 Å². The Balaban J connectivity index is 1.28. The van der Waals surface area contributed by atoms with Gasteiger partial charge in [-0.15, -0.1) is 0 Å². The first-order chi connectivity index (χ1) is 23.3. The molecule has 0 N–H and O–H groups in total. The lowest BCUT2D eigenvalue weighted by Crippen LogP contribution is -2.01. The average molecular weight is 603 g/mol. The van der Waals surface area contributed by atoms with Crippen LogP contribution in [0.4, 0.5) is 0 Å². The van der Waals surface area contributed by atoms with Crippen molar-refractivity contribution in [3.63, 3.8) is 0 Å². The summed E-state index contributed by atoms with van der Waals surface area (Å²) in [6.45, 7) is 0. The lowest BCUT2D eigenvalue weighted by atomic mass is 10.0. The molecule has 0 fully saturated rings. The maximum Gasteiger partial charge on any atom is 0.183 e. The molecule has 3 aromatic heterocycles. The van der Waals surface area contributed by atoms with E-state index in [0.717, 1.165) is 66.1 Å². The fourth-order valence-corrected chi connectivity index (χ4v) is 6.30. The van der Waals surface area contributed by atoms with Crippen LogP contribution in [0, 0.1) is 0 Å². The molecule has 0 unspecified atom stereocenters. The summed E-state index contributed by atoms with van der Waals surface area (Å²) < 4.78 is 6.48. The van der Waals surface area contributed by atoms with Crippen LogP contribution in [-0.4, -0.2) is 19.9 Å². The lowest BCUT2D eigenvalue weighted by molar-refractivity contribution is 0.672. The molecule has 5 heteroatoms. The highest BCUT2D eigenvalue weighted by Gasteiger charge is 2.20. The largest absolute Gasteiger partial charge is 0.455 e. The Morgan fingerprint density at radius 3 is 1.62 bits per heavy atom. The number of hydrogen-bond donors (Lipinski definition) is 0. The summed E-state index contributed by atoms with van der Waals surface area (Å²) in [6, 6.07) is 51.7. The molecular weight excluding hydrogens is 576 g/mol. The molecule has 0 bridgehead atoms. The fourth-order valence-electron chi connectivity index (χ4n) is 6.30. The number of nitrogens with zero attached hydrogens (tertiary/aromatic N) is 4. The van der Waals surface area contributed by atoms with Crippen molar-refractivity contribution in [3.05, 3.63) is 158 Å². The van der Waals surface area contributed by atoms with Crippen LogP contribution >= 0.6 is 0 Å². The molecule has 0 spiro atoms. The van der Waals surface area contributed by atoms with Crippen molar-refractivity contribution in [2.75, 3.05) is 0 Å². The first-order valence-electron chi connectivity index (χ1n) is 15.6. The molecule has 0 aliphatic carbocycles. The van der Waals surface area contributed by atoms with Gasteiger partial charge in [0.2, 0.25) is 0 Å². The van der Waals surface area contributed by atoms with Gasteiger partial charge < -0.3 is 4.42 Å². The molecule has 5 nitrogen and oxygen atoms in total. The van der Waals surface area contributed by atoms with Crippen LogP contribution < -0.4 is 0 Å². The number of fused-ring (bicyclic) bond motifs is 5. The zero-order chi connectivity index (χ0) is 31.2. The van der Waals surface area contributed by atoms with Crippen molar-refractivity contribution >= 4 is 32.7 Å². The van der Waals surface area contributed by atoms with Crippen LogP contribution in [-0.2, 0) is 0 Å². The van der Waals surface area contributed by atoms with E-state index in [1.807, 2.05) is 78.9 Å². The number of benzene rings is 6. The van der Waals surface area contributed by atoms with E-state index in [4.69, 9.17) is 24.4 Å². The van der Waals surface area contributed by atoms with Crippen molar-refractivity contribution in [1.82, 2.24) is 19.9 Å². The predicted molar refractivity (Wildman–Crippen MR) is 190 cm³/mol. The first kappa shape index (κ1) is 26.9. The third kappa shape index (κ3) is 4.82. The van der Waals surface area contributed by atoms with Gasteiger partial charge in [-0.05, 0) is 51.9 Å². The van der Waals surface area contributed by atoms with E-state index in [1.54, 1.807) is 6.20 Å². The Morgan fingerprint density at radius 1 is 0.404 bits per heavy atom. The molecule has 0 aliphatic heterocycles. The highest BCUT2D eigenvalue weighted by Crippen LogP contribution is 2.38. The Bertz CT molecular complexity index is 2470. The minimum absolute atomic E-state index is 0.488. The third-order valence-electron chi connectivity index (χ3n) is 8.58. The minimum Gasteiger partial charge on any atom is -0.455 e. The molecule has 0 radical (unpaired) electrons. The summed E-state index contributed by atoms with van der Waals surface area (Å²) in [6.07, 6.45) is 1.76. The Kier molecular flexibility index (Phi) is 6.39. The molecule has 0 saturated heterocycles. The molecule has 220 valence electrons. The third-order valence-corrected chi connectivity index (χ3v) is 8.58. The Hall–Kier alpha value is -6.46. The van der Waals surface area contributed by atoms with Crippen molar-refractivity contribution in [1.29, 1.82) is 0 Å². The summed E-state index contributed by atoms with van der Waals surface area (Å²) in [4.78, 5) is 20.1. The van der Waals surface area contributed by atoms with Gasteiger partial charge >= 0.3 is 0 Å². The van der Waals surface area contributed by atoms with Crippen molar-refractivity contribution < 1.29 is 4.42 Å². The maximum absolute atomic E-state index is 6.48. The van der Waals surface area contributed by atoms with E-state index < -0.39 is 0 Å². The van der Waals surface area contributed by atoms with Gasteiger partial charge in [0.15, 0.2) is 17.5 Å². The number of hydrogen-bond acceptors (Lipinski definition) is 5. The molecule has 47 heavy (non-hydrogen) atoms. The highest BCUT2D eigenvalue weighted by atomic mass is 16.3. The number of furan rings is 1. The molecule has 3 heterocycles. The SMILES string of the molecule is c1ccc(-c2cccc(-c3nc(-c4cccc(-c5ccccc5)c4)nc(-c4nccc5oc6c7ccccc7ccc6c45)n3)c2)cc1. The van der Waals surface area contributed by atoms with Crippen LogP contribution in [0.25, 0.3) is 89.3 Å². The average Bonchev–Trinajstić information content (AvgIpc) is 3.55. The second kappa shape index (κ2) is 11.2. The van der Waals surface area contributed by atoms with Crippen molar-refractivity contribution in [2.45, 2.75) is 0 Å². The molecule has 0 aliphatic rings. The summed E-state index contributed by atoms with van der Waals surface area (Å²) in [5.74, 6) is 1.64. The van der Waals surface area contributed by atoms with Crippen LogP contribution in [0.15, 0.2) is 162 Å². The summed E-state index contributed by atoms with van der Waals surface area (Å²) >= 11 is 0. The second-order valence-electron chi connectivity index (χ2n) is 11.5. The van der Waals surface area contributed by atoms with Crippen LogP contribution in [0.2, 0.25) is 0 Å². The van der Waals surface area contributed by atoms with Gasteiger partial charge in [-0.1, -0.05) is 127 Å². The number of pyridine rings is 1. The van der Waals surface area contributed by atoms with Crippen molar-refractivity contribution in [3.8, 4) is 56.5 Å². The maximum atomic E-state index is 6.48. The van der Waals surface area contributed by atoms with E-state index in [-0.39, 0.29) is 0 Å². The Morgan fingerprint density at radius 2 is 0.957 bits per heavy atom. The van der Waals surface area contributed by atoms with Gasteiger partial charge in [-0.25, -0.2) is 15.0 Å². The lowest BCUT2D eigenvalue weighted by Gasteiger charge is -2.11. The van der Waals surface area contributed by atoms with Gasteiger partial charge in [0.1, 0.15) is 16.9 Å². The molecule has 9 rings (SSSR count). The number of aromatic nitrogens is 4. The zero-order valence-electron chi connectivity index (χ0n) is 25.2. The Labute approximate surface area is 270 Å². The molecule has 9 aromatic rings. The molecule has 0 atom stereocenters. The van der Waals surface area contributed by atoms with Crippen molar-refractivity contribution in [2.24, 2.45) is 0 Å². The minimum atomic E-state index is 0.488. The molecule has 0 amide bonds. The molecule has 6 aromatic carbocycles. The first-order valence-corrected chi connectivity index (χ1v) is 15.6. The van der Waals surface area contributed by atoms with Crippen LogP contribution in [0.3, 0.4) is 0 Å². The predicted octanol–water partition coefficient (Wildman–Crippen LogP) is 10.7. The monoisotopic (exact) mass is 602 g/mol. The smallest absolute Gasteiger partial charge is 0.183 e. The van der Waals surface area contributed by atoms with Gasteiger partial charge in [0, 0.05) is 28.1 Å². The summed E-state index contributed by atoms with van der Waals surface area (Å²) in [7, 11) is 0. The quantitative estimate of drug-likeness (QED) is 0.196. The van der Waals surface area contributed by atoms with E-state index in [0.29, 0.717) is 23.2 Å². The topological polar surface area (TPSA) is 64.7 Å². The standard InChI is InChI=1S/C42H26N4O/c1-3-11-27(12-4-1)30-16-9-18-32(25-30)40-44-41(33-19-10-17-31(26-33)28-13-5-2-6-14-28)46-42(45-40)38-37-35-22-21-29-15-7-8-20-34(29)39(35)47-36(37)23-24-43-38/h1-26H. The molecular formula is C42H26N4O. The number of rotatable bonds is 5. The molecule has 0 saturated carbocycles. The summed E-state index contributed by atoms with van der Waals surface area (Å²) in [5, 5.41) is 4.03.